The molecule has 0 aromatic rings. The number of carbonyl (C=O) groups is 2. The van der Waals surface area contributed by atoms with Gasteiger partial charge in [0.2, 0.25) is 0 Å². The molecule has 342 valence electrons. The minimum Gasteiger partial charge on any atom is -0.462 e. The van der Waals surface area contributed by atoms with E-state index in [4.69, 9.17) is 23.3 Å². The first kappa shape index (κ1) is 54.9. The molecule has 0 amide bonds. The fraction of sp³-hybridized carbons (Fsp3) is 0.792. The third-order valence-electron chi connectivity index (χ3n) is 10.3. The SMILES string of the molecule is CCCCCCCC/C=C\CCCCCCCCCC(=O)OC[C@H](COP(=O)(O)OCC[N+](C)(C)C)OC(=O)CCC/C=C\C/C=C\C/C=C\CC1OC1CCCCC. The van der Waals surface area contributed by atoms with Crippen LogP contribution in [0.1, 0.15) is 181 Å². The van der Waals surface area contributed by atoms with E-state index in [0.717, 1.165) is 51.4 Å². The first-order chi connectivity index (χ1) is 28.5. The molecule has 1 aliphatic rings. The number of epoxide rings is 1. The van der Waals surface area contributed by atoms with Gasteiger partial charge in [0.05, 0.1) is 40.0 Å². The van der Waals surface area contributed by atoms with E-state index < -0.39 is 26.5 Å². The van der Waals surface area contributed by atoms with Crippen LogP contribution in [0, 0.1) is 0 Å². The number of hydrogen-bond acceptors (Lipinski definition) is 8. The van der Waals surface area contributed by atoms with E-state index in [-0.39, 0.29) is 32.0 Å². The van der Waals surface area contributed by atoms with Crippen LogP contribution in [-0.2, 0) is 37.4 Å². The number of phosphoric ester groups is 1. The molecular formula is C48H87NO9P+. The quantitative estimate of drug-likeness (QED) is 0.0160. The molecule has 0 saturated carbocycles. The Hall–Kier alpha value is -2.07. The van der Waals surface area contributed by atoms with Crippen LogP contribution in [0.5, 0.6) is 0 Å². The average Bonchev–Trinajstić information content (AvgIpc) is 3.94. The molecule has 1 fully saturated rings. The highest BCUT2D eigenvalue weighted by atomic mass is 31.2. The third-order valence-corrected chi connectivity index (χ3v) is 11.2. The summed E-state index contributed by atoms with van der Waals surface area (Å²) in [4.78, 5) is 35.4. The molecule has 0 aromatic heterocycles. The first-order valence-electron chi connectivity index (χ1n) is 23.5. The van der Waals surface area contributed by atoms with E-state index in [1.54, 1.807) is 0 Å². The number of unbranched alkanes of at least 4 members (excludes halogenated alkanes) is 16. The van der Waals surface area contributed by atoms with Crippen LogP contribution in [0.4, 0.5) is 0 Å². The van der Waals surface area contributed by atoms with Gasteiger partial charge in [0.15, 0.2) is 6.10 Å². The molecule has 0 spiro atoms. The van der Waals surface area contributed by atoms with Crippen LogP contribution in [0.15, 0.2) is 48.6 Å². The summed E-state index contributed by atoms with van der Waals surface area (Å²) < 4.78 is 40.0. The van der Waals surface area contributed by atoms with Crippen LogP contribution in [0.3, 0.4) is 0 Å². The van der Waals surface area contributed by atoms with Crippen molar-refractivity contribution in [1.29, 1.82) is 0 Å². The molecule has 1 rings (SSSR count). The van der Waals surface area contributed by atoms with Gasteiger partial charge in [-0.3, -0.25) is 18.6 Å². The van der Waals surface area contributed by atoms with E-state index >= 15 is 0 Å². The van der Waals surface area contributed by atoms with E-state index in [1.165, 1.54) is 89.9 Å². The molecule has 0 radical (unpaired) electrons. The summed E-state index contributed by atoms with van der Waals surface area (Å²) in [5, 5.41) is 0. The monoisotopic (exact) mass is 853 g/mol. The summed E-state index contributed by atoms with van der Waals surface area (Å²) >= 11 is 0. The zero-order valence-corrected chi connectivity index (χ0v) is 39.1. The summed E-state index contributed by atoms with van der Waals surface area (Å²) in [5.74, 6) is -0.874. The number of allylic oxidation sites excluding steroid dienone is 7. The van der Waals surface area contributed by atoms with Crippen molar-refractivity contribution in [2.75, 3.05) is 47.5 Å². The molecule has 0 bridgehead atoms. The minimum atomic E-state index is -4.40. The van der Waals surface area contributed by atoms with Gasteiger partial charge in [0.25, 0.3) is 0 Å². The predicted octanol–water partition coefficient (Wildman–Crippen LogP) is 12.5. The highest BCUT2D eigenvalue weighted by molar-refractivity contribution is 7.47. The number of hydrogen-bond donors (Lipinski definition) is 1. The summed E-state index contributed by atoms with van der Waals surface area (Å²) in [5.41, 5.74) is 0. The van der Waals surface area contributed by atoms with Crippen LogP contribution in [0.2, 0.25) is 0 Å². The van der Waals surface area contributed by atoms with Crippen molar-refractivity contribution >= 4 is 19.8 Å². The molecule has 0 aliphatic carbocycles. The lowest BCUT2D eigenvalue weighted by molar-refractivity contribution is -0.870. The van der Waals surface area contributed by atoms with E-state index in [1.807, 2.05) is 27.2 Å². The second-order valence-electron chi connectivity index (χ2n) is 17.2. The van der Waals surface area contributed by atoms with E-state index in [9.17, 15) is 19.0 Å². The zero-order valence-electron chi connectivity index (χ0n) is 38.2. The van der Waals surface area contributed by atoms with Crippen LogP contribution >= 0.6 is 7.82 Å². The Balaban J connectivity index is 2.29. The summed E-state index contributed by atoms with van der Waals surface area (Å²) in [6.45, 7) is 4.31. The molecule has 11 heteroatoms. The van der Waals surface area contributed by atoms with Crippen molar-refractivity contribution < 1.29 is 46.8 Å². The van der Waals surface area contributed by atoms with Crippen molar-refractivity contribution in [3.63, 3.8) is 0 Å². The Kier molecular flexibility index (Phi) is 34.1. The fourth-order valence-electron chi connectivity index (χ4n) is 6.45. The van der Waals surface area contributed by atoms with Crippen molar-refractivity contribution in [3.05, 3.63) is 48.6 Å². The van der Waals surface area contributed by atoms with Crippen LogP contribution < -0.4 is 0 Å². The Morgan fingerprint density at radius 2 is 1.15 bits per heavy atom. The Morgan fingerprint density at radius 3 is 1.80 bits per heavy atom. The predicted molar refractivity (Wildman–Crippen MR) is 242 cm³/mol. The number of esters is 2. The standard InChI is InChI=1S/C48H86NO9P/c1-6-8-10-11-12-13-14-15-16-17-18-19-20-24-27-30-34-38-47(50)54-42-44(43-56-59(52,53)55-41-40-49(3,4)5)57-48(51)39-35-31-28-25-22-21-23-26-29-33-37-46-45(58-46)36-32-9-7-2/h15-16,21,23,25,28-29,33,44-46H,6-14,17-20,22,24,26-27,30-32,34-43H2,1-5H3/p+1/b16-15-,23-21-,28-25-,33-29-/t44-,45?,46?/m1/s1. The first-order valence-corrected chi connectivity index (χ1v) is 25.0. The Labute approximate surface area is 360 Å². The molecule has 1 N–H and O–H groups in total. The number of carbonyl (C=O) groups excluding carboxylic acids is 2. The lowest BCUT2D eigenvalue weighted by atomic mass is 10.1. The molecule has 1 aliphatic heterocycles. The van der Waals surface area contributed by atoms with Gasteiger partial charge in [-0.15, -0.1) is 0 Å². The normalized spacial score (nSPS) is 17.4. The third kappa shape index (κ3) is 37.4. The number of likely N-dealkylation sites (N-methyl/N-ethyl adjacent to an activating group) is 1. The highest BCUT2D eigenvalue weighted by Gasteiger charge is 2.36. The van der Waals surface area contributed by atoms with Gasteiger partial charge in [-0.1, -0.05) is 146 Å². The van der Waals surface area contributed by atoms with Gasteiger partial charge in [0, 0.05) is 12.8 Å². The second-order valence-corrected chi connectivity index (χ2v) is 18.6. The molecule has 10 nitrogen and oxygen atoms in total. The smallest absolute Gasteiger partial charge is 0.462 e. The second kappa shape index (κ2) is 36.6. The number of ether oxygens (including phenoxy) is 3. The molecular weight excluding hydrogens is 765 g/mol. The van der Waals surface area contributed by atoms with E-state index in [2.05, 4.69) is 56.4 Å². The van der Waals surface area contributed by atoms with Crippen LogP contribution in [0.25, 0.3) is 0 Å². The lowest BCUT2D eigenvalue weighted by Crippen LogP contribution is -2.37. The molecule has 1 saturated heterocycles. The molecule has 4 atom stereocenters. The zero-order chi connectivity index (χ0) is 43.3. The van der Waals surface area contributed by atoms with Crippen molar-refractivity contribution in [1.82, 2.24) is 0 Å². The van der Waals surface area contributed by atoms with Crippen molar-refractivity contribution in [2.45, 2.75) is 199 Å². The number of quaternary nitrogens is 1. The summed E-state index contributed by atoms with van der Waals surface area (Å²) in [7, 11) is 1.43. The average molecular weight is 853 g/mol. The van der Waals surface area contributed by atoms with Gasteiger partial charge in [-0.25, -0.2) is 4.57 Å². The van der Waals surface area contributed by atoms with E-state index in [0.29, 0.717) is 36.1 Å². The maximum absolute atomic E-state index is 12.7. The lowest BCUT2D eigenvalue weighted by Gasteiger charge is -2.24. The largest absolute Gasteiger partial charge is 0.472 e. The topological polar surface area (TPSA) is 121 Å². The van der Waals surface area contributed by atoms with Crippen LogP contribution in [-0.4, -0.2) is 87.1 Å². The van der Waals surface area contributed by atoms with Gasteiger partial charge in [0.1, 0.15) is 19.8 Å². The van der Waals surface area contributed by atoms with Crippen molar-refractivity contribution in [3.8, 4) is 0 Å². The number of rotatable bonds is 41. The van der Waals surface area contributed by atoms with Gasteiger partial charge in [-0.05, 0) is 70.6 Å². The Bertz CT molecular complexity index is 1210. The van der Waals surface area contributed by atoms with Crippen molar-refractivity contribution in [2.24, 2.45) is 0 Å². The summed E-state index contributed by atoms with van der Waals surface area (Å²) in [6.07, 6.45) is 44.8. The maximum Gasteiger partial charge on any atom is 0.472 e. The summed E-state index contributed by atoms with van der Waals surface area (Å²) in [6, 6.07) is 0. The van der Waals surface area contributed by atoms with Gasteiger partial charge in [-0.2, -0.15) is 0 Å². The van der Waals surface area contributed by atoms with Gasteiger partial charge >= 0.3 is 19.8 Å². The number of phosphoric acid groups is 1. The molecule has 59 heavy (non-hydrogen) atoms. The molecule has 0 aromatic carbocycles. The number of nitrogens with zero attached hydrogens (tertiary/aromatic N) is 1. The maximum atomic E-state index is 12.7. The fourth-order valence-corrected chi connectivity index (χ4v) is 7.19. The molecule has 1 heterocycles. The highest BCUT2D eigenvalue weighted by Crippen LogP contribution is 2.43. The molecule has 3 unspecified atom stereocenters. The minimum absolute atomic E-state index is 0.0175. The van der Waals surface area contributed by atoms with Gasteiger partial charge < -0.3 is 23.6 Å². The Morgan fingerprint density at radius 1 is 0.627 bits per heavy atom.